The molecule has 0 spiro atoms. The molecule has 0 aromatic heterocycles. The first kappa shape index (κ1) is 15.2. The second kappa shape index (κ2) is 6.04. The minimum atomic E-state index is -4.49. The number of alkyl halides is 3. The molecular formula is C14H14F3N3O. The Balaban J connectivity index is 1.96. The number of amides is 1. The molecule has 4 nitrogen and oxygen atoms in total. The largest absolute Gasteiger partial charge is 0.416 e. The smallest absolute Gasteiger partial charge is 0.375 e. The molecule has 0 bridgehead atoms. The van der Waals surface area contributed by atoms with E-state index in [0.717, 1.165) is 31.0 Å². The van der Waals surface area contributed by atoms with E-state index in [1.807, 2.05) is 0 Å². The summed E-state index contributed by atoms with van der Waals surface area (Å²) in [6, 6.07) is 4.51. The third-order valence-corrected chi connectivity index (χ3v) is 3.19. The predicted molar refractivity (Wildman–Crippen MR) is 70.4 cm³/mol. The molecule has 1 aliphatic carbocycles. The van der Waals surface area contributed by atoms with Crippen molar-refractivity contribution in [2.24, 2.45) is 5.92 Å². The molecule has 21 heavy (non-hydrogen) atoms. The van der Waals surface area contributed by atoms with Gasteiger partial charge in [-0.2, -0.15) is 18.4 Å². The van der Waals surface area contributed by atoms with Crippen LogP contribution < -0.4 is 10.6 Å². The van der Waals surface area contributed by atoms with Gasteiger partial charge >= 0.3 is 6.18 Å². The van der Waals surface area contributed by atoms with Gasteiger partial charge in [-0.25, -0.2) is 0 Å². The quantitative estimate of drug-likeness (QED) is 0.877. The third kappa shape index (κ3) is 4.38. The number of nitriles is 1. The van der Waals surface area contributed by atoms with Gasteiger partial charge in [0, 0.05) is 6.54 Å². The molecule has 0 aliphatic heterocycles. The van der Waals surface area contributed by atoms with Crippen molar-refractivity contribution in [3.63, 3.8) is 0 Å². The second-order valence-corrected chi connectivity index (χ2v) is 4.97. The monoisotopic (exact) mass is 297 g/mol. The van der Waals surface area contributed by atoms with E-state index in [1.54, 1.807) is 6.07 Å². The summed E-state index contributed by atoms with van der Waals surface area (Å²) in [5, 5.41) is 14.3. The molecule has 2 rings (SSSR count). The van der Waals surface area contributed by atoms with E-state index in [-0.39, 0.29) is 23.7 Å². The number of hydrogen-bond acceptors (Lipinski definition) is 3. The van der Waals surface area contributed by atoms with Gasteiger partial charge < -0.3 is 10.6 Å². The first-order valence-corrected chi connectivity index (χ1v) is 6.52. The average molecular weight is 297 g/mol. The lowest BCUT2D eigenvalue weighted by Crippen LogP contribution is -2.31. The van der Waals surface area contributed by atoms with Crippen LogP contribution in [0.1, 0.15) is 24.0 Å². The maximum atomic E-state index is 12.5. The lowest BCUT2D eigenvalue weighted by Gasteiger charge is -2.11. The van der Waals surface area contributed by atoms with E-state index in [0.29, 0.717) is 12.5 Å². The lowest BCUT2D eigenvalue weighted by molar-refractivity contribution is -0.137. The van der Waals surface area contributed by atoms with E-state index in [9.17, 15) is 18.0 Å². The molecule has 7 heteroatoms. The van der Waals surface area contributed by atoms with Crippen LogP contribution in [-0.4, -0.2) is 19.0 Å². The van der Waals surface area contributed by atoms with Gasteiger partial charge in [-0.1, -0.05) is 0 Å². The zero-order valence-electron chi connectivity index (χ0n) is 11.1. The first-order chi connectivity index (χ1) is 9.90. The maximum absolute atomic E-state index is 12.5. The highest BCUT2D eigenvalue weighted by molar-refractivity contribution is 5.81. The van der Waals surface area contributed by atoms with Crippen LogP contribution in [0.2, 0.25) is 0 Å². The Labute approximate surface area is 119 Å². The Morgan fingerprint density at radius 3 is 2.67 bits per heavy atom. The molecule has 1 aromatic carbocycles. The zero-order valence-corrected chi connectivity index (χ0v) is 11.1. The van der Waals surface area contributed by atoms with Crippen LogP contribution in [-0.2, 0) is 11.0 Å². The van der Waals surface area contributed by atoms with E-state index in [4.69, 9.17) is 5.26 Å². The van der Waals surface area contributed by atoms with Crippen molar-refractivity contribution in [3.05, 3.63) is 29.3 Å². The van der Waals surface area contributed by atoms with Crippen LogP contribution in [0, 0.1) is 17.2 Å². The number of hydrogen-bond donors (Lipinski definition) is 2. The van der Waals surface area contributed by atoms with Crippen LogP contribution in [0.25, 0.3) is 0 Å². The van der Waals surface area contributed by atoms with Gasteiger partial charge in [0.15, 0.2) is 0 Å². The van der Waals surface area contributed by atoms with Gasteiger partial charge in [-0.05, 0) is 37.0 Å². The van der Waals surface area contributed by atoms with Crippen molar-refractivity contribution < 1.29 is 18.0 Å². The Morgan fingerprint density at radius 2 is 2.10 bits per heavy atom. The van der Waals surface area contributed by atoms with Crippen LogP contribution >= 0.6 is 0 Å². The van der Waals surface area contributed by atoms with Crippen molar-refractivity contribution in [3.8, 4) is 6.07 Å². The molecular weight excluding hydrogens is 283 g/mol. The first-order valence-electron chi connectivity index (χ1n) is 6.52. The number of halogens is 3. The van der Waals surface area contributed by atoms with Gasteiger partial charge in [-0.15, -0.1) is 0 Å². The minimum absolute atomic E-state index is 0.0766. The number of benzene rings is 1. The van der Waals surface area contributed by atoms with Crippen molar-refractivity contribution in [2.45, 2.75) is 19.0 Å². The fourth-order valence-corrected chi connectivity index (χ4v) is 1.79. The number of anilines is 1. The van der Waals surface area contributed by atoms with Crippen LogP contribution in [0.3, 0.4) is 0 Å². The molecule has 1 amide bonds. The summed E-state index contributed by atoms with van der Waals surface area (Å²) in [5.41, 5.74) is -0.810. The summed E-state index contributed by atoms with van der Waals surface area (Å²) in [6.07, 6.45) is -2.26. The highest BCUT2D eigenvalue weighted by Gasteiger charge is 2.31. The van der Waals surface area contributed by atoms with Crippen LogP contribution in [0.5, 0.6) is 0 Å². The summed E-state index contributed by atoms with van der Waals surface area (Å²) in [4.78, 5) is 11.5. The number of rotatable bonds is 5. The van der Waals surface area contributed by atoms with E-state index >= 15 is 0 Å². The number of carbonyl (C=O) groups excluding carboxylic acids is 1. The van der Waals surface area contributed by atoms with Gasteiger partial charge in [-0.3, -0.25) is 4.79 Å². The third-order valence-electron chi connectivity index (χ3n) is 3.19. The van der Waals surface area contributed by atoms with Crippen molar-refractivity contribution >= 4 is 11.6 Å². The molecule has 0 unspecified atom stereocenters. The standard InChI is InChI=1S/C14H14F3N3O/c15-14(16,17)11-3-4-12(10(5-11)6-18)19-8-13(21)20-7-9-1-2-9/h3-5,9,19H,1-2,7-8H2,(H,20,21). The molecule has 1 aromatic rings. The Hall–Kier alpha value is -2.23. The fourth-order valence-electron chi connectivity index (χ4n) is 1.79. The van der Waals surface area contributed by atoms with Crippen LogP contribution in [0.15, 0.2) is 18.2 Å². The number of carbonyl (C=O) groups is 1. The van der Waals surface area contributed by atoms with E-state index in [2.05, 4.69) is 10.6 Å². The Kier molecular flexibility index (Phi) is 4.36. The summed E-state index contributed by atoms with van der Waals surface area (Å²) in [7, 11) is 0. The molecule has 1 fully saturated rings. The zero-order chi connectivity index (χ0) is 15.5. The summed E-state index contributed by atoms with van der Waals surface area (Å²) < 4.78 is 37.6. The fraction of sp³-hybridized carbons (Fsp3) is 0.429. The van der Waals surface area contributed by atoms with Crippen molar-refractivity contribution in [1.82, 2.24) is 5.32 Å². The highest BCUT2D eigenvalue weighted by Crippen LogP contribution is 2.31. The lowest BCUT2D eigenvalue weighted by atomic mass is 10.1. The summed E-state index contributed by atoms with van der Waals surface area (Å²) in [5.74, 6) is 0.306. The van der Waals surface area contributed by atoms with E-state index in [1.165, 1.54) is 0 Å². The highest BCUT2D eigenvalue weighted by atomic mass is 19.4. The van der Waals surface area contributed by atoms with Crippen molar-refractivity contribution in [1.29, 1.82) is 5.26 Å². The maximum Gasteiger partial charge on any atom is 0.416 e. The SMILES string of the molecule is N#Cc1cc(C(F)(F)F)ccc1NCC(=O)NCC1CC1. The van der Waals surface area contributed by atoms with Gasteiger partial charge in [0.05, 0.1) is 23.4 Å². The minimum Gasteiger partial charge on any atom is -0.375 e. The van der Waals surface area contributed by atoms with Crippen LogP contribution in [0.4, 0.5) is 18.9 Å². The molecule has 0 radical (unpaired) electrons. The van der Waals surface area contributed by atoms with E-state index < -0.39 is 11.7 Å². The average Bonchev–Trinajstić information content (AvgIpc) is 3.25. The van der Waals surface area contributed by atoms with Gasteiger partial charge in [0.1, 0.15) is 6.07 Å². The van der Waals surface area contributed by atoms with Gasteiger partial charge in [0.25, 0.3) is 0 Å². The molecule has 2 N–H and O–H groups in total. The molecule has 1 saturated carbocycles. The predicted octanol–water partition coefficient (Wildman–Crippen LogP) is 2.52. The molecule has 1 aliphatic rings. The molecule has 0 heterocycles. The molecule has 0 saturated heterocycles. The Morgan fingerprint density at radius 1 is 1.38 bits per heavy atom. The number of nitrogens with one attached hydrogen (secondary N) is 2. The summed E-state index contributed by atoms with van der Waals surface area (Å²) >= 11 is 0. The molecule has 0 atom stereocenters. The summed E-state index contributed by atoms with van der Waals surface area (Å²) in [6.45, 7) is 0.547. The topological polar surface area (TPSA) is 64.9 Å². The van der Waals surface area contributed by atoms with Crippen molar-refractivity contribution in [2.75, 3.05) is 18.4 Å². The molecule has 112 valence electrons. The number of nitrogens with zero attached hydrogens (tertiary/aromatic N) is 1. The normalized spacial score (nSPS) is 14.4. The van der Waals surface area contributed by atoms with Gasteiger partial charge in [0.2, 0.25) is 5.91 Å². The second-order valence-electron chi connectivity index (χ2n) is 4.97. The Bertz CT molecular complexity index is 574.